The number of nitrogens with one attached hydrogen (secondary N) is 1. The molecule has 0 aliphatic carbocycles. The van der Waals surface area contributed by atoms with Gasteiger partial charge in [-0.05, 0) is 17.9 Å². The van der Waals surface area contributed by atoms with Gasteiger partial charge in [-0.15, -0.1) is 11.3 Å². The van der Waals surface area contributed by atoms with Gasteiger partial charge >= 0.3 is 6.18 Å². The van der Waals surface area contributed by atoms with Gasteiger partial charge in [0, 0.05) is 17.5 Å². The van der Waals surface area contributed by atoms with E-state index in [1.165, 1.54) is 11.3 Å². The fourth-order valence-corrected chi connectivity index (χ4v) is 2.12. The summed E-state index contributed by atoms with van der Waals surface area (Å²) < 4.78 is 43.8. The van der Waals surface area contributed by atoms with Crippen LogP contribution in [0.5, 0.6) is 5.88 Å². The zero-order valence-electron chi connectivity index (χ0n) is 11.3. The molecule has 0 amide bonds. The van der Waals surface area contributed by atoms with Crippen molar-refractivity contribution in [3.8, 4) is 5.88 Å². The first kappa shape index (κ1) is 15.6. The van der Waals surface area contributed by atoms with E-state index in [1.807, 2.05) is 24.4 Å². The summed E-state index contributed by atoms with van der Waals surface area (Å²) in [4.78, 5) is 8.31. The van der Waals surface area contributed by atoms with E-state index < -0.39 is 11.9 Å². The fourth-order valence-electron chi connectivity index (χ4n) is 1.50. The van der Waals surface area contributed by atoms with Gasteiger partial charge < -0.3 is 10.1 Å². The highest BCUT2D eigenvalue weighted by Crippen LogP contribution is 2.30. The highest BCUT2D eigenvalue weighted by molar-refractivity contribution is 7.09. The maximum absolute atomic E-state index is 12.8. The number of thiophene rings is 1. The van der Waals surface area contributed by atoms with Crippen LogP contribution in [0.1, 0.15) is 23.9 Å². The predicted octanol–water partition coefficient (Wildman–Crippen LogP) is 3.96. The molecule has 0 spiro atoms. The number of anilines is 1. The van der Waals surface area contributed by atoms with Crippen LogP contribution in [-0.2, 0) is 12.8 Å². The van der Waals surface area contributed by atoms with Gasteiger partial charge in [0.2, 0.25) is 11.8 Å². The first-order valence-corrected chi connectivity index (χ1v) is 7.22. The van der Waals surface area contributed by atoms with Crippen molar-refractivity contribution >= 4 is 17.3 Å². The number of hydrogen-bond donors (Lipinski definition) is 1. The molecule has 0 unspecified atom stereocenters. The van der Waals surface area contributed by atoms with E-state index in [1.54, 1.807) is 0 Å². The minimum absolute atomic E-state index is 0.0761. The third kappa shape index (κ3) is 4.59. The summed E-state index contributed by atoms with van der Waals surface area (Å²) in [5.41, 5.74) is -1.02. The van der Waals surface area contributed by atoms with Crippen molar-refractivity contribution in [3.63, 3.8) is 0 Å². The fraction of sp³-hybridized carbons (Fsp3) is 0.385. The molecule has 0 saturated carbocycles. The van der Waals surface area contributed by atoms with Crippen LogP contribution in [0, 0.1) is 0 Å². The van der Waals surface area contributed by atoms with E-state index >= 15 is 0 Å². The average molecular weight is 317 g/mol. The van der Waals surface area contributed by atoms with E-state index in [-0.39, 0.29) is 18.4 Å². The summed E-state index contributed by atoms with van der Waals surface area (Å²) in [7, 11) is 0. The molecule has 2 aromatic heterocycles. The Kier molecular flexibility index (Phi) is 5.00. The maximum atomic E-state index is 12.8. The van der Waals surface area contributed by atoms with Crippen LogP contribution in [0.25, 0.3) is 0 Å². The molecule has 0 aliphatic rings. The molecule has 8 heteroatoms. The van der Waals surface area contributed by atoms with E-state index in [2.05, 4.69) is 15.3 Å². The lowest BCUT2D eigenvalue weighted by Gasteiger charge is -2.11. The van der Waals surface area contributed by atoms with Crippen LogP contribution in [0.2, 0.25) is 0 Å². The van der Waals surface area contributed by atoms with Crippen molar-refractivity contribution in [2.75, 3.05) is 11.9 Å². The number of ether oxygens (including phenoxy) is 1. The number of hydrogen-bond acceptors (Lipinski definition) is 5. The summed E-state index contributed by atoms with van der Waals surface area (Å²) in [6.45, 7) is 2.57. The molecule has 0 atom stereocenters. The lowest BCUT2D eigenvalue weighted by Crippen LogP contribution is -2.13. The summed E-state index contributed by atoms with van der Waals surface area (Å²) in [5, 5.41) is 4.61. The van der Waals surface area contributed by atoms with E-state index in [0.717, 1.165) is 17.4 Å². The molecule has 21 heavy (non-hydrogen) atoms. The topological polar surface area (TPSA) is 47.0 Å². The minimum Gasteiger partial charge on any atom is -0.472 e. The summed E-state index contributed by atoms with van der Waals surface area (Å²) >= 11 is 1.46. The zero-order valence-corrected chi connectivity index (χ0v) is 12.1. The summed E-state index contributed by atoms with van der Waals surface area (Å²) in [6, 6.07) is 4.50. The van der Waals surface area contributed by atoms with Crippen molar-refractivity contribution in [2.45, 2.75) is 26.1 Å². The average Bonchev–Trinajstić information content (AvgIpc) is 2.95. The van der Waals surface area contributed by atoms with Gasteiger partial charge in [0.25, 0.3) is 0 Å². The van der Waals surface area contributed by atoms with E-state index in [9.17, 15) is 13.2 Å². The van der Waals surface area contributed by atoms with Gasteiger partial charge in [0.15, 0.2) is 5.69 Å². The molecule has 0 saturated heterocycles. The Morgan fingerprint density at radius 3 is 2.76 bits per heavy atom. The standard InChI is InChI=1S/C13H14F3N3OS/c1-2-5-17-12-18-10(13(14,15)16)7-11(19-12)20-8-9-4-3-6-21-9/h3-4,6-7H,2,5,8H2,1H3,(H,17,18,19). The van der Waals surface area contributed by atoms with Crippen LogP contribution in [0.4, 0.5) is 19.1 Å². The second-order valence-corrected chi connectivity index (χ2v) is 5.24. The van der Waals surface area contributed by atoms with Crippen molar-refractivity contribution < 1.29 is 17.9 Å². The second-order valence-electron chi connectivity index (χ2n) is 4.21. The third-order valence-corrected chi connectivity index (χ3v) is 3.32. The monoisotopic (exact) mass is 317 g/mol. The Balaban J connectivity index is 2.17. The molecule has 0 bridgehead atoms. The smallest absolute Gasteiger partial charge is 0.433 e. The molecular weight excluding hydrogens is 303 g/mol. The van der Waals surface area contributed by atoms with Crippen molar-refractivity contribution in [1.82, 2.24) is 9.97 Å². The third-order valence-electron chi connectivity index (χ3n) is 2.47. The van der Waals surface area contributed by atoms with Crippen LogP contribution < -0.4 is 10.1 Å². The Labute approximate surface area is 124 Å². The minimum atomic E-state index is -4.54. The molecule has 1 N–H and O–H groups in total. The molecule has 114 valence electrons. The van der Waals surface area contributed by atoms with Gasteiger partial charge in [-0.25, -0.2) is 4.98 Å². The van der Waals surface area contributed by atoms with Crippen LogP contribution >= 0.6 is 11.3 Å². The van der Waals surface area contributed by atoms with E-state index in [4.69, 9.17) is 4.74 Å². The summed E-state index contributed by atoms with van der Waals surface area (Å²) in [5.74, 6) is -0.169. The Morgan fingerprint density at radius 2 is 2.14 bits per heavy atom. The van der Waals surface area contributed by atoms with Gasteiger partial charge in [-0.1, -0.05) is 13.0 Å². The molecular formula is C13H14F3N3OS. The molecule has 2 rings (SSSR count). The van der Waals surface area contributed by atoms with Crippen LogP contribution in [0.15, 0.2) is 23.6 Å². The van der Waals surface area contributed by atoms with Gasteiger partial charge in [-0.2, -0.15) is 18.2 Å². The summed E-state index contributed by atoms with van der Waals surface area (Å²) in [6.07, 6.45) is -3.78. The molecule has 4 nitrogen and oxygen atoms in total. The Morgan fingerprint density at radius 1 is 1.33 bits per heavy atom. The predicted molar refractivity (Wildman–Crippen MR) is 74.5 cm³/mol. The second kappa shape index (κ2) is 6.75. The zero-order chi connectivity index (χ0) is 15.3. The molecule has 2 aromatic rings. The molecule has 2 heterocycles. The molecule has 0 radical (unpaired) electrons. The van der Waals surface area contributed by atoms with Crippen LogP contribution in [0.3, 0.4) is 0 Å². The lowest BCUT2D eigenvalue weighted by atomic mass is 10.4. The first-order valence-electron chi connectivity index (χ1n) is 6.34. The molecule has 0 aromatic carbocycles. The molecule has 0 aliphatic heterocycles. The highest BCUT2D eigenvalue weighted by Gasteiger charge is 2.34. The maximum Gasteiger partial charge on any atom is 0.433 e. The van der Waals surface area contributed by atoms with Crippen LogP contribution in [-0.4, -0.2) is 16.5 Å². The highest BCUT2D eigenvalue weighted by atomic mass is 32.1. The first-order chi connectivity index (χ1) is 9.99. The van der Waals surface area contributed by atoms with Gasteiger partial charge in [-0.3, -0.25) is 0 Å². The quantitative estimate of drug-likeness (QED) is 0.876. The number of nitrogens with zero attached hydrogens (tertiary/aromatic N) is 2. The number of alkyl halides is 3. The largest absolute Gasteiger partial charge is 0.472 e. The Hall–Kier alpha value is -1.83. The van der Waals surface area contributed by atoms with Gasteiger partial charge in [0.1, 0.15) is 6.61 Å². The van der Waals surface area contributed by atoms with E-state index in [0.29, 0.717) is 6.54 Å². The number of rotatable bonds is 6. The van der Waals surface area contributed by atoms with Crippen molar-refractivity contribution in [3.05, 3.63) is 34.2 Å². The number of halogens is 3. The van der Waals surface area contributed by atoms with Crippen molar-refractivity contribution in [1.29, 1.82) is 0 Å². The van der Waals surface area contributed by atoms with Crippen molar-refractivity contribution in [2.24, 2.45) is 0 Å². The Bertz CT molecular complexity index is 573. The van der Waals surface area contributed by atoms with Gasteiger partial charge in [0.05, 0.1) is 0 Å². The SMILES string of the molecule is CCCNc1nc(OCc2cccs2)cc(C(F)(F)F)n1. The number of aromatic nitrogens is 2. The molecule has 0 fully saturated rings. The normalized spacial score (nSPS) is 11.4. The lowest BCUT2D eigenvalue weighted by molar-refractivity contribution is -0.141.